The molecule has 0 unspecified atom stereocenters. The maximum atomic E-state index is 14.1. The average Bonchev–Trinajstić information content (AvgIpc) is 2.75. The van der Waals surface area contributed by atoms with Crippen molar-refractivity contribution in [3.63, 3.8) is 0 Å². The summed E-state index contributed by atoms with van der Waals surface area (Å²) in [5.41, 5.74) is 7.16. The van der Waals surface area contributed by atoms with E-state index in [9.17, 15) is 17.2 Å². The van der Waals surface area contributed by atoms with E-state index >= 15 is 0 Å². The third kappa shape index (κ3) is 4.52. The Bertz CT molecular complexity index is 1350. The molecule has 0 amide bonds. The van der Waals surface area contributed by atoms with Gasteiger partial charge in [0.15, 0.2) is 11.6 Å². The summed E-state index contributed by atoms with van der Waals surface area (Å²) in [5.74, 6) is -0.897. The van der Waals surface area contributed by atoms with Crippen molar-refractivity contribution in [2.75, 3.05) is 21.9 Å². The predicted molar refractivity (Wildman–Crippen MR) is 118 cm³/mol. The molecule has 3 N–H and O–H groups in total. The van der Waals surface area contributed by atoms with Crippen LogP contribution in [0.5, 0.6) is 5.75 Å². The molecule has 2 heterocycles. The van der Waals surface area contributed by atoms with Crippen LogP contribution < -0.4 is 20.1 Å². The minimum atomic E-state index is -3.71. The highest BCUT2D eigenvalue weighted by Gasteiger charge is 2.24. The van der Waals surface area contributed by atoms with Crippen molar-refractivity contribution in [1.29, 1.82) is 0 Å². The number of rotatable bonds is 6. The van der Waals surface area contributed by atoms with Gasteiger partial charge in [-0.2, -0.15) is 4.98 Å². The Balaban J connectivity index is 1.72. The zero-order valence-electron chi connectivity index (χ0n) is 16.5. The maximum absolute atomic E-state index is 14.1. The summed E-state index contributed by atoms with van der Waals surface area (Å²) in [7, 11) is -3.71. The van der Waals surface area contributed by atoms with Crippen LogP contribution in [-0.2, 0) is 10.0 Å². The number of hydrogen-bond donors (Lipinski definition) is 2. The largest absolute Gasteiger partial charge is 0.457 e. The second-order valence-electron chi connectivity index (χ2n) is 6.74. The number of ether oxygens (including phenoxy) is 1. The van der Waals surface area contributed by atoms with Crippen LogP contribution >= 0.6 is 0 Å². The first-order valence-corrected chi connectivity index (χ1v) is 10.8. The van der Waals surface area contributed by atoms with E-state index < -0.39 is 21.7 Å². The lowest BCUT2D eigenvalue weighted by atomic mass is 10.1. The minimum absolute atomic E-state index is 0.0413. The summed E-state index contributed by atoms with van der Waals surface area (Å²) >= 11 is 0. The second kappa shape index (κ2) is 8.27. The fourth-order valence-corrected chi connectivity index (χ4v) is 3.62. The van der Waals surface area contributed by atoms with E-state index in [4.69, 9.17) is 10.5 Å². The molecule has 1 aromatic heterocycles. The van der Waals surface area contributed by atoms with Crippen molar-refractivity contribution in [2.24, 2.45) is 0 Å². The van der Waals surface area contributed by atoms with E-state index in [1.165, 1.54) is 12.3 Å². The molecule has 4 rings (SSSR count). The molecule has 8 nitrogen and oxygen atoms in total. The Labute approximate surface area is 182 Å². The molecule has 0 aliphatic carbocycles. The first-order chi connectivity index (χ1) is 15.2. The lowest BCUT2D eigenvalue weighted by Gasteiger charge is -2.30. The third-order valence-electron chi connectivity index (χ3n) is 4.47. The highest BCUT2D eigenvalue weighted by atomic mass is 32.2. The Morgan fingerprint density at radius 1 is 1.22 bits per heavy atom. The van der Waals surface area contributed by atoms with E-state index in [0.717, 1.165) is 17.5 Å². The molecule has 0 saturated carbocycles. The van der Waals surface area contributed by atoms with Crippen molar-refractivity contribution in [3.8, 4) is 5.75 Å². The van der Waals surface area contributed by atoms with Crippen LogP contribution in [0.15, 0.2) is 66.4 Å². The first-order valence-electron chi connectivity index (χ1n) is 9.23. The monoisotopic (exact) mass is 457 g/mol. The molecule has 0 atom stereocenters. The van der Waals surface area contributed by atoms with Gasteiger partial charge in [0, 0.05) is 28.9 Å². The molecule has 0 radical (unpaired) electrons. The number of sulfonamides is 1. The topological polar surface area (TPSA) is 110 Å². The molecule has 11 heteroatoms. The van der Waals surface area contributed by atoms with Crippen molar-refractivity contribution >= 4 is 39.2 Å². The standard InChI is InChI=1S/C21H17F2N5O3S/c1-2-32(29,30)27-15-4-3-5-16(10-15)28-12-17(8-13-11-25-21(24)26-20(13)28)31-19-7-6-14(22)9-18(19)23/h2-11,27H,1,12H2,(H2,24,25,26). The summed E-state index contributed by atoms with van der Waals surface area (Å²) in [5, 5.41) is 0.801. The van der Waals surface area contributed by atoms with Gasteiger partial charge in [0.05, 0.1) is 12.2 Å². The third-order valence-corrected chi connectivity index (χ3v) is 5.43. The minimum Gasteiger partial charge on any atom is -0.457 e. The quantitative estimate of drug-likeness (QED) is 0.579. The van der Waals surface area contributed by atoms with Gasteiger partial charge in [-0.3, -0.25) is 4.72 Å². The number of hydrogen-bond acceptors (Lipinski definition) is 7. The molecule has 32 heavy (non-hydrogen) atoms. The van der Waals surface area contributed by atoms with E-state index in [0.29, 0.717) is 28.5 Å². The van der Waals surface area contributed by atoms with Crippen LogP contribution in [0.2, 0.25) is 0 Å². The van der Waals surface area contributed by atoms with Gasteiger partial charge in [-0.05, 0) is 36.4 Å². The number of nitrogens with zero attached hydrogens (tertiary/aromatic N) is 3. The zero-order valence-corrected chi connectivity index (χ0v) is 17.3. The fourth-order valence-electron chi connectivity index (χ4n) is 3.08. The number of anilines is 4. The highest BCUT2D eigenvalue weighted by Crippen LogP contribution is 2.35. The number of halogens is 2. The maximum Gasteiger partial charge on any atom is 0.254 e. The smallest absolute Gasteiger partial charge is 0.254 e. The van der Waals surface area contributed by atoms with Crippen LogP contribution in [0.3, 0.4) is 0 Å². The molecule has 2 aromatic carbocycles. The highest BCUT2D eigenvalue weighted by molar-refractivity contribution is 7.95. The van der Waals surface area contributed by atoms with Crippen molar-refractivity contribution in [2.45, 2.75) is 0 Å². The Morgan fingerprint density at radius 2 is 2.03 bits per heavy atom. The van der Waals surface area contributed by atoms with E-state index in [1.807, 2.05) is 0 Å². The van der Waals surface area contributed by atoms with Gasteiger partial charge in [-0.15, -0.1) is 0 Å². The van der Waals surface area contributed by atoms with Crippen LogP contribution in [0.4, 0.5) is 31.9 Å². The zero-order chi connectivity index (χ0) is 22.9. The first kappa shape index (κ1) is 21.2. The van der Waals surface area contributed by atoms with Gasteiger partial charge in [0.1, 0.15) is 17.4 Å². The van der Waals surface area contributed by atoms with Crippen LogP contribution in [-0.4, -0.2) is 24.9 Å². The Morgan fingerprint density at radius 3 is 2.78 bits per heavy atom. The van der Waals surface area contributed by atoms with Gasteiger partial charge in [0.25, 0.3) is 10.0 Å². The number of nitrogen functional groups attached to an aromatic ring is 1. The van der Waals surface area contributed by atoms with Gasteiger partial charge >= 0.3 is 0 Å². The molecule has 0 spiro atoms. The lowest BCUT2D eigenvalue weighted by Crippen LogP contribution is -2.27. The van der Waals surface area contributed by atoms with Crippen molar-refractivity contribution < 1.29 is 21.9 Å². The molecule has 1 aliphatic rings. The van der Waals surface area contributed by atoms with E-state index in [2.05, 4.69) is 21.3 Å². The normalized spacial score (nSPS) is 13.2. The van der Waals surface area contributed by atoms with E-state index in [1.54, 1.807) is 35.2 Å². The second-order valence-corrected chi connectivity index (χ2v) is 8.37. The number of nitrogens with two attached hydrogens (primary N) is 1. The average molecular weight is 457 g/mol. The van der Waals surface area contributed by atoms with Crippen LogP contribution in [0.1, 0.15) is 5.56 Å². The SMILES string of the molecule is C=CS(=O)(=O)Nc1cccc(N2CC(Oc3ccc(F)cc3F)=Cc3cnc(N)nc32)c1. The molecule has 3 aromatic rings. The number of benzene rings is 2. The fraction of sp³-hybridized carbons (Fsp3) is 0.0476. The molecular weight excluding hydrogens is 440 g/mol. The molecule has 1 aliphatic heterocycles. The van der Waals surface area contributed by atoms with Crippen molar-refractivity contribution in [3.05, 3.63) is 83.6 Å². The number of nitrogens with one attached hydrogen (secondary N) is 1. The summed E-state index contributed by atoms with van der Waals surface area (Å²) in [6.45, 7) is 3.38. The molecule has 0 bridgehead atoms. The van der Waals surface area contributed by atoms with Crippen LogP contribution in [0, 0.1) is 11.6 Å². The number of fused-ring (bicyclic) bond motifs is 1. The molecule has 0 fully saturated rings. The molecule has 0 saturated heterocycles. The lowest BCUT2D eigenvalue weighted by molar-refractivity contribution is 0.390. The van der Waals surface area contributed by atoms with Crippen LogP contribution in [0.25, 0.3) is 6.08 Å². The summed E-state index contributed by atoms with van der Waals surface area (Å²) in [4.78, 5) is 9.96. The van der Waals surface area contributed by atoms with Gasteiger partial charge in [0.2, 0.25) is 5.95 Å². The Hall–Kier alpha value is -3.99. The molecule has 164 valence electrons. The van der Waals surface area contributed by atoms with Crippen molar-refractivity contribution in [1.82, 2.24) is 9.97 Å². The number of aromatic nitrogens is 2. The summed E-state index contributed by atoms with van der Waals surface area (Å²) < 4.78 is 59.1. The van der Waals surface area contributed by atoms with Gasteiger partial charge in [-0.25, -0.2) is 22.2 Å². The van der Waals surface area contributed by atoms with Gasteiger partial charge < -0.3 is 15.4 Å². The predicted octanol–water partition coefficient (Wildman–Crippen LogP) is 3.79. The molecular formula is C21H17F2N5O3S. The van der Waals surface area contributed by atoms with Gasteiger partial charge in [-0.1, -0.05) is 12.6 Å². The summed E-state index contributed by atoms with van der Waals surface area (Å²) in [6, 6.07) is 9.55. The Kier molecular flexibility index (Phi) is 5.49. The summed E-state index contributed by atoms with van der Waals surface area (Å²) in [6.07, 6.45) is 3.11. The van der Waals surface area contributed by atoms with E-state index in [-0.39, 0.29) is 18.2 Å².